The molecule has 24 heavy (non-hydrogen) atoms. The zero-order valence-electron chi connectivity index (χ0n) is 13.5. The summed E-state index contributed by atoms with van der Waals surface area (Å²) in [5.41, 5.74) is 1.79. The molecule has 0 saturated heterocycles. The first-order chi connectivity index (χ1) is 11.4. The SMILES string of the molecule is COC1=C(C(=O)NC2=C(C)CN=C2)N(C)S(=O)(=O)c2ccccc21. The van der Waals surface area contributed by atoms with E-state index in [9.17, 15) is 13.2 Å². The molecule has 0 spiro atoms. The van der Waals surface area contributed by atoms with Gasteiger partial charge in [0.1, 0.15) is 0 Å². The third-order valence-electron chi connectivity index (χ3n) is 3.98. The lowest BCUT2D eigenvalue weighted by Gasteiger charge is -2.29. The zero-order valence-corrected chi connectivity index (χ0v) is 14.3. The molecule has 0 bridgehead atoms. The predicted octanol–water partition coefficient (Wildman–Crippen LogP) is 1.11. The van der Waals surface area contributed by atoms with E-state index in [0.29, 0.717) is 17.8 Å². The van der Waals surface area contributed by atoms with E-state index in [2.05, 4.69) is 10.3 Å². The number of sulfonamides is 1. The fraction of sp³-hybridized carbons (Fsp3) is 0.250. The number of aliphatic imine (C=N–C) groups is 1. The van der Waals surface area contributed by atoms with E-state index in [1.807, 2.05) is 6.92 Å². The molecule has 3 rings (SSSR count). The Labute approximate surface area is 140 Å². The summed E-state index contributed by atoms with van der Waals surface area (Å²) in [4.78, 5) is 16.9. The number of amides is 1. The van der Waals surface area contributed by atoms with Gasteiger partial charge in [0.25, 0.3) is 15.9 Å². The largest absolute Gasteiger partial charge is 0.494 e. The number of allylic oxidation sites excluding steroid dienone is 1. The molecule has 0 atom stereocenters. The van der Waals surface area contributed by atoms with E-state index in [4.69, 9.17) is 4.74 Å². The summed E-state index contributed by atoms with van der Waals surface area (Å²) in [7, 11) is -1.07. The number of ether oxygens (including phenoxy) is 1. The molecule has 1 amide bonds. The molecule has 0 radical (unpaired) electrons. The number of benzene rings is 1. The first kappa shape index (κ1) is 16.3. The number of nitrogens with zero attached hydrogens (tertiary/aromatic N) is 2. The number of nitrogens with one attached hydrogen (secondary N) is 1. The molecule has 0 aliphatic carbocycles. The van der Waals surface area contributed by atoms with E-state index < -0.39 is 15.9 Å². The molecule has 0 aromatic heterocycles. The third kappa shape index (κ3) is 2.39. The van der Waals surface area contributed by atoms with Gasteiger partial charge in [0.05, 0.1) is 24.2 Å². The van der Waals surface area contributed by atoms with Crippen molar-refractivity contribution in [2.75, 3.05) is 20.7 Å². The number of likely N-dealkylation sites (N-methyl/N-ethyl adjacent to an activating group) is 1. The van der Waals surface area contributed by atoms with Crippen molar-refractivity contribution in [1.29, 1.82) is 0 Å². The highest BCUT2D eigenvalue weighted by Gasteiger charge is 2.38. The molecule has 2 aliphatic heterocycles. The monoisotopic (exact) mass is 347 g/mol. The highest BCUT2D eigenvalue weighted by Crippen LogP contribution is 2.36. The van der Waals surface area contributed by atoms with Crippen LogP contribution in [0.5, 0.6) is 0 Å². The average Bonchev–Trinajstić information content (AvgIpc) is 2.95. The molecule has 1 aromatic carbocycles. The molecular weight excluding hydrogens is 330 g/mol. The van der Waals surface area contributed by atoms with Crippen LogP contribution in [0.4, 0.5) is 0 Å². The summed E-state index contributed by atoms with van der Waals surface area (Å²) in [6.45, 7) is 2.37. The molecule has 8 heteroatoms. The van der Waals surface area contributed by atoms with Crippen molar-refractivity contribution in [3.63, 3.8) is 0 Å². The molecule has 2 heterocycles. The Bertz CT molecular complexity index is 913. The number of methoxy groups -OCH3 is 1. The Hall–Kier alpha value is -2.61. The van der Waals surface area contributed by atoms with Gasteiger partial charge in [-0.2, -0.15) is 0 Å². The lowest BCUT2D eigenvalue weighted by Crippen LogP contribution is -2.40. The Morgan fingerprint density at radius 1 is 1.33 bits per heavy atom. The van der Waals surface area contributed by atoms with Gasteiger partial charge >= 0.3 is 0 Å². The van der Waals surface area contributed by atoms with E-state index >= 15 is 0 Å². The van der Waals surface area contributed by atoms with Gasteiger partial charge < -0.3 is 10.1 Å². The van der Waals surface area contributed by atoms with Crippen LogP contribution in [0.15, 0.2) is 51.1 Å². The maximum atomic E-state index is 12.7. The highest BCUT2D eigenvalue weighted by molar-refractivity contribution is 7.89. The third-order valence-corrected chi connectivity index (χ3v) is 5.79. The average molecular weight is 347 g/mol. The predicted molar refractivity (Wildman–Crippen MR) is 89.5 cm³/mol. The number of carbonyl (C=O) groups is 1. The maximum Gasteiger partial charge on any atom is 0.276 e. The van der Waals surface area contributed by atoms with Crippen LogP contribution < -0.4 is 5.32 Å². The summed E-state index contributed by atoms with van der Waals surface area (Å²) in [6.07, 6.45) is 1.56. The summed E-state index contributed by atoms with van der Waals surface area (Å²) >= 11 is 0. The normalized spacial score (nSPS) is 18.7. The first-order valence-corrected chi connectivity index (χ1v) is 8.69. The van der Waals surface area contributed by atoms with Crippen LogP contribution in [0.2, 0.25) is 0 Å². The molecular formula is C16H17N3O4S. The smallest absolute Gasteiger partial charge is 0.276 e. The van der Waals surface area contributed by atoms with Crippen LogP contribution in [-0.4, -0.2) is 45.5 Å². The van der Waals surface area contributed by atoms with Crippen LogP contribution in [0.1, 0.15) is 12.5 Å². The van der Waals surface area contributed by atoms with Crippen molar-refractivity contribution in [3.8, 4) is 0 Å². The molecule has 0 unspecified atom stereocenters. The Kier molecular flexibility index (Phi) is 3.92. The Morgan fingerprint density at radius 3 is 2.67 bits per heavy atom. The van der Waals surface area contributed by atoms with Gasteiger partial charge in [-0.1, -0.05) is 12.1 Å². The summed E-state index contributed by atoms with van der Waals surface area (Å²) < 4.78 is 31.7. The van der Waals surface area contributed by atoms with Crippen LogP contribution >= 0.6 is 0 Å². The quantitative estimate of drug-likeness (QED) is 0.887. The van der Waals surface area contributed by atoms with Crippen molar-refractivity contribution in [1.82, 2.24) is 9.62 Å². The van der Waals surface area contributed by atoms with Crippen LogP contribution in [0.25, 0.3) is 5.76 Å². The molecule has 1 aromatic rings. The van der Waals surface area contributed by atoms with Gasteiger partial charge in [0, 0.05) is 18.8 Å². The Balaban J connectivity index is 2.14. The van der Waals surface area contributed by atoms with Crippen molar-refractivity contribution < 1.29 is 17.9 Å². The van der Waals surface area contributed by atoms with E-state index in [-0.39, 0.29) is 16.4 Å². The molecule has 0 saturated carbocycles. The zero-order chi connectivity index (χ0) is 17.5. The second kappa shape index (κ2) is 5.79. The van der Waals surface area contributed by atoms with Crippen molar-refractivity contribution in [2.24, 2.45) is 4.99 Å². The number of hydrogen-bond acceptors (Lipinski definition) is 5. The number of hydrogen-bond donors (Lipinski definition) is 1. The summed E-state index contributed by atoms with van der Waals surface area (Å²) in [5, 5.41) is 2.71. The fourth-order valence-electron chi connectivity index (χ4n) is 2.66. The van der Waals surface area contributed by atoms with E-state index in [0.717, 1.165) is 9.88 Å². The van der Waals surface area contributed by atoms with Gasteiger partial charge in [-0.05, 0) is 24.6 Å². The first-order valence-electron chi connectivity index (χ1n) is 7.25. The molecule has 0 fully saturated rings. The lowest BCUT2D eigenvalue weighted by molar-refractivity contribution is -0.117. The van der Waals surface area contributed by atoms with Crippen LogP contribution in [-0.2, 0) is 19.6 Å². The maximum absolute atomic E-state index is 12.7. The van der Waals surface area contributed by atoms with Gasteiger partial charge in [-0.25, -0.2) is 8.42 Å². The second-order valence-electron chi connectivity index (χ2n) is 5.47. The molecule has 1 N–H and O–H groups in total. The minimum atomic E-state index is -3.82. The number of carbonyl (C=O) groups excluding carboxylic acids is 1. The van der Waals surface area contributed by atoms with Crippen molar-refractivity contribution in [3.05, 3.63) is 46.8 Å². The molecule has 7 nitrogen and oxygen atoms in total. The highest BCUT2D eigenvalue weighted by atomic mass is 32.2. The van der Waals surface area contributed by atoms with Gasteiger partial charge in [0.2, 0.25) is 0 Å². The van der Waals surface area contributed by atoms with E-state index in [1.54, 1.807) is 24.4 Å². The summed E-state index contributed by atoms with van der Waals surface area (Å²) in [6, 6.07) is 6.44. The molecule has 2 aliphatic rings. The minimum absolute atomic E-state index is 0.0585. The van der Waals surface area contributed by atoms with Gasteiger partial charge in [-0.15, -0.1) is 0 Å². The van der Waals surface area contributed by atoms with Crippen LogP contribution in [0.3, 0.4) is 0 Å². The lowest BCUT2D eigenvalue weighted by atomic mass is 10.1. The topological polar surface area (TPSA) is 88.1 Å². The van der Waals surface area contributed by atoms with Gasteiger partial charge in [0.15, 0.2) is 11.5 Å². The molecule has 126 valence electrons. The van der Waals surface area contributed by atoms with Gasteiger partial charge in [-0.3, -0.25) is 14.1 Å². The standard InChI is InChI=1S/C16H17N3O4S/c1-10-8-17-9-12(10)18-16(20)14-15(23-3)11-6-4-5-7-13(11)24(21,22)19(14)2/h4-7,9H,8H2,1-3H3,(H,18,20). The number of rotatable bonds is 3. The van der Waals surface area contributed by atoms with E-state index in [1.165, 1.54) is 20.2 Å². The van der Waals surface area contributed by atoms with Crippen molar-refractivity contribution >= 4 is 27.9 Å². The summed E-state index contributed by atoms with van der Waals surface area (Å²) in [5.74, 6) is -0.344. The van der Waals surface area contributed by atoms with Crippen LogP contribution in [0, 0.1) is 0 Å². The fourth-order valence-corrected chi connectivity index (χ4v) is 4.05. The second-order valence-corrected chi connectivity index (χ2v) is 7.41. The number of fused-ring (bicyclic) bond motifs is 1. The Morgan fingerprint density at radius 2 is 2.04 bits per heavy atom. The van der Waals surface area contributed by atoms with Crippen molar-refractivity contribution in [2.45, 2.75) is 11.8 Å². The minimum Gasteiger partial charge on any atom is -0.494 e.